The van der Waals surface area contributed by atoms with Crippen molar-refractivity contribution in [1.82, 2.24) is 0 Å². The van der Waals surface area contributed by atoms with Crippen LogP contribution in [0.2, 0.25) is 5.02 Å². The van der Waals surface area contributed by atoms with E-state index >= 15 is 0 Å². The molecule has 0 fully saturated rings. The number of carbonyl (C=O) groups excluding carboxylic acids is 2. The molecule has 0 bridgehead atoms. The van der Waals surface area contributed by atoms with Crippen LogP contribution in [0.5, 0.6) is 5.75 Å². The SMILES string of the molecule is COc1ccccc1C(=O)C[C@]1(O)C(=O)N(Cc2ccc(Cl)cc2)c2ccccc21. The first-order valence-corrected chi connectivity index (χ1v) is 9.86. The van der Waals surface area contributed by atoms with Crippen molar-refractivity contribution in [1.29, 1.82) is 0 Å². The third-order valence-corrected chi connectivity index (χ3v) is 5.57. The molecule has 0 saturated heterocycles. The minimum atomic E-state index is -1.94. The zero-order valence-corrected chi connectivity index (χ0v) is 17.1. The molecule has 30 heavy (non-hydrogen) atoms. The molecule has 4 rings (SSSR count). The number of carbonyl (C=O) groups is 2. The summed E-state index contributed by atoms with van der Waals surface area (Å²) in [6, 6.07) is 20.9. The molecule has 6 heteroatoms. The number of hydrogen-bond acceptors (Lipinski definition) is 4. The van der Waals surface area contributed by atoms with Crippen molar-refractivity contribution >= 4 is 29.0 Å². The minimum absolute atomic E-state index is 0.262. The summed E-state index contributed by atoms with van der Waals surface area (Å²) in [7, 11) is 1.48. The second-order valence-electron chi connectivity index (χ2n) is 7.20. The molecule has 0 spiro atoms. The lowest BCUT2D eigenvalue weighted by atomic mass is 9.88. The topological polar surface area (TPSA) is 66.8 Å². The minimum Gasteiger partial charge on any atom is -0.496 e. The molecule has 152 valence electrons. The number of benzene rings is 3. The van der Waals surface area contributed by atoms with Gasteiger partial charge in [-0.05, 0) is 35.9 Å². The van der Waals surface area contributed by atoms with Crippen molar-refractivity contribution in [2.45, 2.75) is 18.6 Å². The van der Waals surface area contributed by atoms with E-state index in [1.54, 1.807) is 60.7 Å². The van der Waals surface area contributed by atoms with Gasteiger partial charge in [0.15, 0.2) is 11.4 Å². The van der Waals surface area contributed by atoms with Crippen molar-refractivity contribution in [2.75, 3.05) is 12.0 Å². The Kier molecular flexibility index (Phi) is 5.33. The summed E-state index contributed by atoms with van der Waals surface area (Å²) in [4.78, 5) is 27.9. The highest BCUT2D eigenvalue weighted by Crippen LogP contribution is 2.43. The number of halogens is 1. The fraction of sp³-hybridized carbons (Fsp3) is 0.167. The molecule has 0 radical (unpaired) electrons. The highest BCUT2D eigenvalue weighted by atomic mass is 35.5. The largest absolute Gasteiger partial charge is 0.496 e. The lowest BCUT2D eigenvalue weighted by Gasteiger charge is -2.23. The monoisotopic (exact) mass is 421 g/mol. The molecule has 3 aromatic carbocycles. The van der Waals surface area contributed by atoms with Crippen molar-refractivity contribution in [2.24, 2.45) is 0 Å². The molecule has 1 N–H and O–H groups in total. The van der Waals surface area contributed by atoms with E-state index in [-0.39, 0.29) is 18.7 Å². The average Bonchev–Trinajstić information content (AvgIpc) is 2.97. The van der Waals surface area contributed by atoms with Gasteiger partial charge in [0, 0.05) is 10.6 Å². The predicted molar refractivity (Wildman–Crippen MR) is 115 cm³/mol. The molecule has 0 saturated carbocycles. The van der Waals surface area contributed by atoms with Crippen LogP contribution in [-0.2, 0) is 16.9 Å². The zero-order valence-electron chi connectivity index (χ0n) is 16.3. The first kappa shape index (κ1) is 20.1. The average molecular weight is 422 g/mol. The molecular weight excluding hydrogens is 402 g/mol. The third kappa shape index (κ3) is 3.47. The lowest BCUT2D eigenvalue weighted by Crippen LogP contribution is -2.41. The first-order chi connectivity index (χ1) is 14.4. The molecule has 1 amide bonds. The van der Waals surface area contributed by atoms with E-state index in [2.05, 4.69) is 0 Å². The summed E-state index contributed by atoms with van der Waals surface area (Å²) in [6.07, 6.45) is -0.375. The number of rotatable bonds is 6. The molecule has 3 aromatic rings. The maximum Gasteiger partial charge on any atom is 0.264 e. The summed E-state index contributed by atoms with van der Waals surface area (Å²) in [6.45, 7) is 0.262. The van der Waals surface area contributed by atoms with Gasteiger partial charge >= 0.3 is 0 Å². The standard InChI is InChI=1S/C24H20ClNO4/c1-30-22-9-5-2-6-18(22)21(27)14-24(29)19-7-3-4-8-20(19)26(23(24)28)15-16-10-12-17(25)13-11-16/h2-13,29H,14-15H2,1H3/t24-/m1/s1. The van der Waals surface area contributed by atoms with E-state index in [0.717, 1.165) is 5.56 Å². The van der Waals surface area contributed by atoms with Crippen LogP contribution in [-0.4, -0.2) is 23.9 Å². The van der Waals surface area contributed by atoms with Crippen LogP contribution in [0, 0.1) is 0 Å². The highest BCUT2D eigenvalue weighted by molar-refractivity contribution is 6.30. The van der Waals surface area contributed by atoms with Crippen LogP contribution in [0.15, 0.2) is 72.8 Å². The number of methoxy groups -OCH3 is 1. The van der Waals surface area contributed by atoms with Gasteiger partial charge in [0.05, 0.1) is 31.3 Å². The second kappa shape index (κ2) is 7.94. The second-order valence-corrected chi connectivity index (χ2v) is 7.63. The molecule has 1 heterocycles. The Morgan fingerprint density at radius 2 is 1.70 bits per heavy atom. The van der Waals surface area contributed by atoms with E-state index in [1.165, 1.54) is 12.0 Å². The number of amides is 1. The van der Waals surface area contributed by atoms with Gasteiger partial charge in [-0.25, -0.2) is 0 Å². The zero-order chi connectivity index (χ0) is 21.3. The smallest absolute Gasteiger partial charge is 0.264 e. The summed E-state index contributed by atoms with van der Waals surface area (Å²) < 4.78 is 5.26. The summed E-state index contributed by atoms with van der Waals surface area (Å²) >= 11 is 5.96. The van der Waals surface area contributed by atoms with Gasteiger partial charge in [-0.15, -0.1) is 0 Å². The highest BCUT2D eigenvalue weighted by Gasteiger charge is 2.50. The predicted octanol–water partition coefficient (Wildman–Crippen LogP) is 4.36. The number of Topliss-reactive ketones (excluding diaryl/α,β-unsaturated/α-hetero) is 1. The van der Waals surface area contributed by atoms with Gasteiger partial charge in [-0.2, -0.15) is 0 Å². The molecule has 1 aliphatic heterocycles. The fourth-order valence-electron chi connectivity index (χ4n) is 3.81. The van der Waals surface area contributed by atoms with Crippen LogP contribution in [0.4, 0.5) is 5.69 Å². The molecule has 0 aliphatic carbocycles. The summed E-state index contributed by atoms with van der Waals surface area (Å²) in [5, 5.41) is 12.0. The number of nitrogens with zero attached hydrogens (tertiary/aromatic N) is 1. The molecule has 0 unspecified atom stereocenters. The van der Waals surface area contributed by atoms with Gasteiger partial charge < -0.3 is 14.7 Å². The van der Waals surface area contributed by atoms with E-state index in [1.807, 2.05) is 12.1 Å². The van der Waals surface area contributed by atoms with Gasteiger partial charge in [-0.3, -0.25) is 9.59 Å². The third-order valence-electron chi connectivity index (χ3n) is 5.32. The van der Waals surface area contributed by atoms with Gasteiger partial charge in [0.25, 0.3) is 5.91 Å². The number of ketones is 1. The number of ether oxygens (including phenoxy) is 1. The summed E-state index contributed by atoms with van der Waals surface area (Å²) in [5.41, 5.74) is 0.263. The van der Waals surface area contributed by atoms with Crippen molar-refractivity contribution in [3.8, 4) is 5.75 Å². The number of para-hydroxylation sites is 2. The van der Waals surface area contributed by atoms with Crippen molar-refractivity contribution < 1.29 is 19.4 Å². The van der Waals surface area contributed by atoms with E-state index < -0.39 is 11.5 Å². The summed E-state index contributed by atoms with van der Waals surface area (Å²) in [5.74, 6) is -0.490. The Hall–Kier alpha value is -3.15. The van der Waals surface area contributed by atoms with Gasteiger partial charge in [0.1, 0.15) is 5.75 Å². The van der Waals surface area contributed by atoms with Crippen LogP contribution < -0.4 is 9.64 Å². The fourth-order valence-corrected chi connectivity index (χ4v) is 3.94. The van der Waals surface area contributed by atoms with E-state index in [0.29, 0.717) is 27.6 Å². The van der Waals surface area contributed by atoms with Crippen molar-refractivity contribution in [3.05, 3.63) is 94.5 Å². The van der Waals surface area contributed by atoms with Crippen LogP contribution in [0.3, 0.4) is 0 Å². The quantitative estimate of drug-likeness (QED) is 0.601. The van der Waals surface area contributed by atoms with Crippen molar-refractivity contribution in [3.63, 3.8) is 0 Å². The molecule has 0 aromatic heterocycles. The Morgan fingerprint density at radius 3 is 2.43 bits per heavy atom. The Bertz CT molecular complexity index is 1110. The van der Waals surface area contributed by atoms with Crippen LogP contribution >= 0.6 is 11.6 Å². The maximum absolute atomic E-state index is 13.3. The molecule has 5 nitrogen and oxygen atoms in total. The Morgan fingerprint density at radius 1 is 1.03 bits per heavy atom. The maximum atomic E-state index is 13.3. The normalized spacial score (nSPS) is 17.7. The number of fused-ring (bicyclic) bond motifs is 1. The van der Waals surface area contributed by atoms with Gasteiger partial charge in [-0.1, -0.05) is 54.1 Å². The van der Waals surface area contributed by atoms with Gasteiger partial charge in [0.2, 0.25) is 0 Å². The number of aliphatic hydroxyl groups is 1. The first-order valence-electron chi connectivity index (χ1n) is 9.48. The van der Waals surface area contributed by atoms with E-state index in [4.69, 9.17) is 16.3 Å². The molecular formula is C24H20ClNO4. The Labute approximate surface area is 179 Å². The van der Waals surface area contributed by atoms with Crippen LogP contribution in [0.1, 0.15) is 27.9 Å². The van der Waals surface area contributed by atoms with E-state index in [9.17, 15) is 14.7 Å². The Balaban J connectivity index is 1.68. The molecule has 1 aliphatic rings. The molecule has 1 atom stereocenters. The number of anilines is 1. The lowest BCUT2D eigenvalue weighted by molar-refractivity contribution is -0.136. The van der Waals surface area contributed by atoms with Crippen LogP contribution in [0.25, 0.3) is 0 Å². The number of hydrogen-bond donors (Lipinski definition) is 1.